The summed E-state index contributed by atoms with van der Waals surface area (Å²) in [6.45, 7) is 7.83. The molecule has 5 heteroatoms. The third-order valence-corrected chi connectivity index (χ3v) is 2.75. The number of hydrogen-bond acceptors (Lipinski definition) is 3. The van der Waals surface area contributed by atoms with E-state index >= 15 is 0 Å². The summed E-state index contributed by atoms with van der Waals surface area (Å²) in [5.41, 5.74) is 0. The van der Waals surface area contributed by atoms with Gasteiger partial charge in [0, 0.05) is 18.4 Å². The molecule has 0 spiro atoms. The highest BCUT2D eigenvalue weighted by Gasteiger charge is 2.20. The zero-order valence-electron chi connectivity index (χ0n) is 10.8. The van der Waals surface area contributed by atoms with Gasteiger partial charge in [-0.15, -0.1) is 0 Å². The predicted octanol–water partition coefficient (Wildman–Crippen LogP) is 1.21. The largest absolute Gasteiger partial charge is 0.394 e. The molecule has 0 aliphatic heterocycles. The Kier molecular flexibility index (Phi) is 4.69. The Balaban J connectivity index is 2.79. The fraction of sp³-hybridized carbons (Fsp3) is 0.667. The van der Waals surface area contributed by atoms with Gasteiger partial charge < -0.3 is 15.0 Å². The van der Waals surface area contributed by atoms with E-state index in [4.69, 9.17) is 0 Å². The molecule has 0 saturated carbocycles. The average molecular weight is 239 g/mol. The van der Waals surface area contributed by atoms with E-state index in [-0.39, 0.29) is 30.5 Å². The number of amides is 1. The molecule has 0 bridgehead atoms. The van der Waals surface area contributed by atoms with Crippen LogP contribution in [-0.4, -0.2) is 33.2 Å². The van der Waals surface area contributed by atoms with Gasteiger partial charge in [-0.1, -0.05) is 13.8 Å². The maximum atomic E-state index is 12.0. The summed E-state index contributed by atoms with van der Waals surface area (Å²) in [6, 6.07) is -0.0512. The second-order valence-electron chi connectivity index (χ2n) is 4.76. The molecule has 0 aliphatic rings. The van der Waals surface area contributed by atoms with Crippen molar-refractivity contribution in [2.45, 2.75) is 39.8 Å². The molecule has 1 atom stereocenters. The third kappa shape index (κ3) is 3.30. The number of hydrogen-bond donors (Lipinski definition) is 2. The summed E-state index contributed by atoms with van der Waals surface area (Å²) in [7, 11) is 0. The molecule has 0 aliphatic carbocycles. The van der Waals surface area contributed by atoms with Gasteiger partial charge in [-0.3, -0.25) is 4.79 Å². The van der Waals surface area contributed by atoms with Crippen molar-refractivity contribution in [3.8, 4) is 0 Å². The van der Waals surface area contributed by atoms with E-state index in [1.807, 2.05) is 32.3 Å². The number of nitrogens with one attached hydrogen (secondary N) is 1. The second-order valence-corrected chi connectivity index (χ2v) is 4.76. The van der Waals surface area contributed by atoms with Crippen molar-refractivity contribution in [3.63, 3.8) is 0 Å². The minimum atomic E-state index is -0.239. The molecule has 0 radical (unpaired) electrons. The number of rotatable bonds is 5. The number of imidazole rings is 1. The third-order valence-electron chi connectivity index (χ3n) is 2.75. The number of carbonyl (C=O) groups is 1. The highest BCUT2D eigenvalue weighted by Crippen LogP contribution is 2.09. The molecule has 1 rings (SSSR count). The molecule has 0 saturated heterocycles. The average Bonchev–Trinajstić information content (AvgIpc) is 2.73. The molecule has 1 heterocycles. The zero-order chi connectivity index (χ0) is 13.0. The summed E-state index contributed by atoms with van der Waals surface area (Å²) >= 11 is 0. The fourth-order valence-electron chi connectivity index (χ4n) is 1.56. The van der Waals surface area contributed by atoms with E-state index < -0.39 is 0 Å². The van der Waals surface area contributed by atoms with Gasteiger partial charge in [0.1, 0.15) is 0 Å². The Labute approximate surface area is 102 Å². The van der Waals surface area contributed by atoms with Crippen LogP contribution >= 0.6 is 0 Å². The quantitative estimate of drug-likeness (QED) is 0.811. The summed E-state index contributed by atoms with van der Waals surface area (Å²) in [6.07, 6.45) is 3.39. The Morgan fingerprint density at radius 2 is 2.12 bits per heavy atom. The van der Waals surface area contributed by atoms with E-state index in [0.717, 1.165) is 0 Å². The Morgan fingerprint density at radius 1 is 1.47 bits per heavy atom. The summed E-state index contributed by atoms with van der Waals surface area (Å²) in [4.78, 5) is 16.1. The first-order valence-corrected chi connectivity index (χ1v) is 5.92. The number of aromatic nitrogens is 2. The van der Waals surface area contributed by atoms with Gasteiger partial charge in [0.25, 0.3) is 5.91 Å². The maximum Gasteiger partial charge on any atom is 0.287 e. The maximum absolute atomic E-state index is 12.0. The van der Waals surface area contributed by atoms with Gasteiger partial charge in [0.15, 0.2) is 5.82 Å². The lowest BCUT2D eigenvalue weighted by Crippen LogP contribution is -2.42. The van der Waals surface area contributed by atoms with E-state index in [2.05, 4.69) is 10.3 Å². The Bertz CT molecular complexity index is 372. The normalized spacial score (nSPS) is 13.1. The van der Waals surface area contributed by atoms with Crippen LogP contribution in [0.5, 0.6) is 0 Å². The molecule has 17 heavy (non-hydrogen) atoms. The van der Waals surface area contributed by atoms with Gasteiger partial charge in [0.2, 0.25) is 0 Å². The van der Waals surface area contributed by atoms with Crippen LogP contribution in [0.1, 0.15) is 44.4 Å². The van der Waals surface area contributed by atoms with Crippen LogP contribution < -0.4 is 5.32 Å². The van der Waals surface area contributed by atoms with E-state index in [9.17, 15) is 9.90 Å². The highest BCUT2D eigenvalue weighted by atomic mass is 16.3. The SMILES string of the molecule is CC(C)[C@@H](CO)NC(=O)c1nccn1C(C)C. The molecule has 0 unspecified atom stereocenters. The van der Waals surface area contributed by atoms with E-state index in [0.29, 0.717) is 5.82 Å². The monoisotopic (exact) mass is 239 g/mol. The molecule has 0 fully saturated rings. The van der Waals surface area contributed by atoms with Crippen molar-refractivity contribution < 1.29 is 9.90 Å². The lowest BCUT2D eigenvalue weighted by atomic mass is 10.1. The first-order valence-electron chi connectivity index (χ1n) is 5.92. The molecule has 1 aromatic rings. The molecule has 5 nitrogen and oxygen atoms in total. The molecule has 0 aromatic carbocycles. The van der Waals surface area contributed by atoms with Gasteiger partial charge in [0.05, 0.1) is 12.6 Å². The zero-order valence-corrected chi connectivity index (χ0v) is 10.8. The van der Waals surface area contributed by atoms with Gasteiger partial charge >= 0.3 is 0 Å². The van der Waals surface area contributed by atoms with Crippen molar-refractivity contribution in [2.24, 2.45) is 5.92 Å². The van der Waals surface area contributed by atoms with Crippen LogP contribution in [0, 0.1) is 5.92 Å². The first-order chi connectivity index (χ1) is 7.97. The topological polar surface area (TPSA) is 67.2 Å². The van der Waals surface area contributed by atoms with Crippen LogP contribution in [0.15, 0.2) is 12.4 Å². The van der Waals surface area contributed by atoms with Crippen molar-refractivity contribution >= 4 is 5.91 Å². The van der Waals surface area contributed by atoms with Crippen molar-refractivity contribution in [2.75, 3.05) is 6.61 Å². The highest BCUT2D eigenvalue weighted by molar-refractivity contribution is 5.91. The van der Waals surface area contributed by atoms with Crippen molar-refractivity contribution in [1.82, 2.24) is 14.9 Å². The second kappa shape index (κ2) is 5.82. The number of aliphatic hydroxyl groups excluding tert-OH is 1. The standard InChI is InChI=1S/C12H21N3O2/c1-8(2)10(7-16)14-12(17)11-13-5-6-15(11)9(3)4/h5-6,8-10,16H,7H2,1-4H3,(H,14,17)/t10-/m1/s1. The molecule has 96 valence electrons. The number of aliphatic hydroxyl groups is 1. The minimum absolute atomic E-state index is 0.0637. The molecule has 1 aromatic heterocycles. The lowest BCUT2D eigenvalue weighted by Gasteiger charge is -2.20. The molecular weight excluding hydrogens is 218 g/mol. The number of carbonyl (C=O) groups excluding carboxylic acids is 1. The van der Waals surface area contributed by atoms with Crippen LogP contribution in [0.2, 0.25) is 0 Å². The van der Waals surface area contributed by atoms with Crippen LogP contribution in [0.4, 0.5) is 0 Å². The molecule has 1 amide bonds. The summed E-state index contributed by atoms with van der Waals surface area (Å²) in [5, 5.41) is 12.0. The number of nitrogens with zero attached hydrogens (tertiary/aromatic N) is 2. The van der Waals surface area contributed by atoms with Gasteiger partial charge in [-0.05, 0) is 19.8 Å². The van der Waals surface area contributed by atoms with E-state index in [1.165, 1.54) is 0 Å². The van der Waals surface area contributed by atoms with Crippen molar-refractivity contribution in [1.29, 1.82) is 0 Å². The summed E-state index contributed by atoms with van der Waals surface area (Å²) < 4.78 is 1.81. The Hall–Kier alpha value is -1.36. The first kappa shape index (κ1) is 13.7. The molecular formula is C12H21N3O2. The minimum Gasteiger partial charge on any atom is -0.394 e. The van der Waals surface area contributed by atoms with Crippen LogP contribution in [0.25, 0.3) is 0 Å². The molecule has 2 N–H and O–H groups in total. The summed E-state index contributed by atoms with van der Waals surface area (Å²) in [5.74, 6) is 0.335. The van der Waals surface area contributed by atoms with Crippen molar-refractivity contribution in [3.05, 3.63) is 18.2 Å². The van der Waals surface area contributed by atoms with Gasteiger partial charge in [-0.25, -0.2) is 4.98 Å². The van der Waals surface area contributed by atoms with Crippen LogP contribution in [0.3, 0.4) is 0 Å². The van der Waals surface area contributed by atoms with E-state index in [1.54, 1.807) is 12.4 Å². The predicted molar refractivity (Wildman–Crippen MR) is 65.8 cm³/mol. The van der Waals surface area contributed by atoms with Gasteiger partial charge in [-0.2, -0.15) is 0 Å². The fourth-order valence-corrected chi connectivity index (χ4v) is 1.56. The Morgan fingerprint density at radius 3 is 2.59 bits per heavy atom. The van der Waals surface area contributed by atoms with Crippen LogP contribution in [-0.2, 0) is 0 Å². The smallest absolute Gasteiger partial charge is 0.287 e. The lowest BCUT2D eigenvalue weighted by molar-refractivity contribution is 0.0880.